The second kappa shape index (κ2) is 5.93. The van der Waals surface area contributed by atoms with Gasteiger partial charge in [-0.15, -0.1) is 0 Å². The minimum Gasteiger partial charge on any atom is -0.462 e. The van der Waals surface area contributed by atoms with Crippen molar-refractivity contribution in [2.24, 2.45) is 0 Å². The number of ether oxygens (including phenoxy) is 1. The minimum atomic E-state index is -0.403. The maximum absolute atomic E-state index is 11.8. The highest BCUT2D eigenvalue weighted by molar-refractivity contribution is 5.98. The summed E-state index contributed by atoms with van der Waals surface area (Å²) < 4.78 is 4.99. The number of para-hydroxylation sites is 1. The molecule has 1 atom stereocenters. The van der Waals surface area contributed by atoms with Gasteiger partial charge < -0.3 is 20.5 Å². The second-order valence-electron chi connectivity index (χ2n) is 4.70. The number of nitrogen functional groups attached to an aromatic ring is 1. The Labute approximate surface area is 113 Å². The molecule has 1 aromatic carbocycles. The first kappa shape index (κ1) is 13.7. The summed E-state index contributed by atoms with van der Waals surface area (Å²) in [6.07, 6.45) is 1.40. The highest BCUT2D eigenvalue weighted by Crippen LogP contribution is 2.29. The van der Waals surface area contributed by atoms with Crippen molar-refractivity contribution in [2.75, 3.05) is 30.3 Å². The van der Waals surface area contributed by atoms with Crippen LogP contribution in [0.5, 0.6) is 0 Å². The summed E-state index contributed by atoms with van der Waals surface area (Å²) in [5, 5.41) is 9.72. The predicted octanol–water partition coefficient (Wildman–Crippen LogP) is 1.41. The molecule has 0 aromatic heterocycles. The quantitative estimate of drug-likeness (QED) is 0.637. The number of benzene rings is 1. The number of hydrogen-bond donors (Lipinski definition) is 2. The number of rotatable bonds is 3. The van der Waals surface area contributed by atoms with Gasteiger partial charge in [-0.25, -0.2) is 4.79 Å². The summed E-state index contributed by atoms with van der Waals surface area (Å²) in [5.41, 5.74) is 7.68. The highest BCUT2D eigenvalue weighted by atomic mass is 16.5. The maximum Gasteiger partial charge on any atom is 0.340 e. The second-order valence-corrected chi connectivity index (χ2v) is 4.70. The number of nitrogens with two attached hydrogens (primary N) is 1. The molecule has 0 aliphatic carbocycles. The van der Waals surface area contributed by atoms with Crippen LogP contribution >= 0.6 is 0 Å². The van der Waals surface area contributed by atoms with E-state index in [2.05, 4.69) is 0 Å². The summed E-state index contributed by atoms with van der Waals surface area (Å²) in [4.78, 5) is 13.8. The van der Waals surface area contributed by atoms with E-state index in [0.717, 1.165) is 25.1 Å². The fraction of sp³-hybridized carbons (Fsp3) is 0.500. The van der Waals surface area contributed by atoms with Gasteiger partial charge >= 0.3 is 5.97 Å². The summed E-state index contributed by atoms with van der Waals surface area (Å²) in [7, 11) is 0. The van der Waals surface area contributed by atoms with E-state index in [4.69, 9.17) is 10.5 Å². The Kier molecular flexibility index (Phi) is 4.27. The van der Waals surface area contributed by atoms with Crippen LogP contribution in [0.4, 0.5) is 11.4 Å². The fourth-order valence-corrected chi connectivity index (χ4v) is 2.39. The topological polar surface area (TPSA) is 75.8 Å². The van der Waals surface area contributed by atoms with Crippen molar-refractivity contribution in [3.8, 4) is 0 Å². The molecular formula is C14H20N2O3. The zero-order valence-electron chi connectivity index (χ0n) is 11.1. The average molecular weight is 264 g/mol. The largest absolute Gasteiger partial charge is 0.462 e. The summed E-state index contributed by atoms with van der Waals surface area (Å²) in [6, 6.07) is 5.33. The number of β-amino-alcohol motifs (C(OH)–C–C–N with tert-alkyl or cyclic N) is 1. The zero-order chi connectivity index (χ0) is 13.8. The molecule has 1 aromatic rings. The van der Waals surface area contributed by atoms with Crippen LogP contribution in [0.2, 0.25) is 0 Å². The SMILES string of the molecule is CCOC(=O)c1cccc(N2CCCC(O)C2)c1N. The van der Waals surface area contributed by atoms with Gasteiger partial charge in [0.25, 0.3) is 0 Å². The van der Waals surface area contributed by atoms with Crippen molar-refractivity contribution in [1.82, 2.24) is 0 Å². The first-order valence-electron chi connectivity index (χ1n) is 6.62. The van der Waals surface area contributed by atoms with Gasteiger partial charge in [0.2, 0.25) is 0 Å². The Bertz CT molecular complexity index is 462. The Balaban J connectivity index is 2.26. The maximum atomic E-state index is 11.8. The molecule has 1 aliphatic heterocycles. The molecule has 0 radical (unpaired) electrons. The Morgan fingerprint density at radius 1 is 1.58 bits per heavy atom. The van der Waals surface area contributed by atoms with Crippen molar-refractivity contribution in [3.63, 3.8) is 0 Å². The molecule has 1 aliphatic rings. The van der Waals surface area contributed by atoms with Gasteiger partial charge in [0.1, 0.15) is 0 Å². The van der Waals surface area contributed by atoms with Crippen LogP contribution in [-0.4, -0.2) is 36.9 Å². The van der Waals surface area contributed by atoms with E-state index in [0.29, 0.717) is 24.4 Å². The van der Waals surface area contributed by atoms with Gasteiger partial charge in [-0.2, -0.15) is 0 Å². The normalized spacial score (nSPS) is 19.3. The third-order valence-electron chi connectivity index (χ3n) is 3.32. The molecule has 5 nitrogen and oxygen atoms in total. The molecule has 1 unspecified atom stereocenters. The number of carbonyl (C=O) groups excluding carboxylic acids is 1. The smallest absolute Gasteiger partial charge is 0.340 e. The number of carbonyl (C=O) groups is 1. The number of anilines is 2. The van der Waals surface area contributed by atoms with Crippen LogP contribution in [0.15, 0.2) is 18.2 Å². The molecule has 5 heteroatoms. The van der Waals surface area contributed by atoms with E-state index in [1.165, 1.54) is 0 Å². The standard InChI is InChI=1S/C14H20N2O3/c1-2-19-14(18)11-6-3-7-12(13(11)15)16-8-4-5-10(17)9-16/h3,6-7,10,17H,2,4-5,8-9,15H2,1H3. The Hall–Kier alpha value is -1.75. The number of aliphatic hydroxyl groups excluding tert-OH is 1. The average Bonchev–Trinajstić information content (AvgIpc) is 2.39. The molecule has 1 saturated heterocycles. The van der Waals surface area contributed by atoms with Gasteiger partial charge in [-0.1, -0.05) is 6.07 Å². The van der Waals surface area contributed by atoms with Crippen molar-refractivity contribution in [3.05, 3.63) is 23.8 Å². The highest BCUT2D eigenvalue weighted by Gasteiger charge is 2.22. The van der Waals surface area contributed by atoms with Crippen LogP contribution in [-0.2, 0) is 4.74 Å². The van der Waals surface area contributed by atoms with E-state index in [1.807, 2.05) is 11.0 Å². The lowest BCUT2D eigenvalue weighted by atomic mass is 10.1. The van der Waals surface area contributed by atoms with E-state index < -0.39 is 5.97 Å². The van der Waals surface area contributed by atoms with Crippen molar-refractivity contribution >= 4 is 17.3 Å². The fourth-order valence-electron chi connectivity index (χ4n) is 2.39. The molecule has 2 rings (SSSR count). The lowest BCUT2D eigenvalue weighted by Gasteiger charge is -2.33. The molecule has 1 heterocycles. The van der Waals surface area contributed by atoms with Gasteiger partial charge in [0, 0.05) is 13.1 Å². The summed E-state index contributed by atoms with van der Waals surface area (Å²) in [6.45, 7) is 3.48. The minimum absolute atomic E-state index is 0.324. The van der Waals surface area contributed by atoms with Gasteiger partial charge in [-0.05, 0) is 31.9 Å². The number of nitrogens with zero attached hydrogens (tertiary/aromatic N) is 1. The van der Waals surface area contributed by atoms with E-state index in [1.54, 1.807) is 19.1 Å². The van der Waals surface area contributed by atoms with Crippen LogP contribution < -0.4 is 10.6 Å². The van der Waals surface area contributed by atoms with E-state index in [-0.39, 0.29) is 6.10 Å². The zero-order valence-corrected chi connectivity index (χ0v) is 11.1. The first-order valence-corrected chi connectivity index (χ1v) is 6.62. The van der Waals surface area contributed by atoms with Gasteiger partial charge in [0.05, 0.1) is 29.6 Å². The molecule has 19 heavy (non-hydrogen) atoms. The van der Waals surface area contributed by atoms with E-state index >= 15 is 0 Å². The lowest BCUT2D eigenvalue weighted by molar-refractivity contribution is 0.0527. The number of esters is 1. The van der Waals surface area contributed by atoms with Crippen LogP contribution in [0, 0.1) is 0 Å². The molecule has 3 N–H and O–H groups in total. The van der Waals surface area contributed by atoms with E-state index in [9.17, 15) is 9.90 Å². The van der Waals surface area contributed by atoms with Crippen LogP contribution in [0.25, 0.3) is 0 Å². The monoisotopic (exact) mass is 264 g/mol. The molecule has 1 fully saturated rings. The number of aliphatic hydroxyl groups is 1. The van der Waals surface area contributed by atoms with Gasteiger partial charge in [-0.3, -0.25) is 0 Å². The molecular weight excluding hydrogens is 244 g/mol. The third kappa shape index (κ3) is 2.98. The molecule has 0 amide bonds. The first-order chi connectivity index (χ1) is 9.13. The number of piperidine rings is 1. The Morgan fingerprint density at radius 3 is 3.05 bits per heavy atom. The molecule has 0 bridgehead atoms. The van der Waals surface area contributed by atoms with Crippen molar-refractivity contribution in [1.29, 1.82) is 0 Å². The summed E-state index contributed by atoms with van der Waals surface area (Å²) in [5.74, 6) is -0.403. The van der Waals surface area contributed by atoms with Gasteiger partial charge in [0.15, 0.2) is 0 Å². The predicted molar refractivity (Wildman–Crippen MR) is 74.3 cm³/mol. The molecule has 0 spiro atoms. The van der Waals surface area contributed by atoms with Crippen molar-refractivity contribution < 1.29 is 14.6 Å². The summed E-state index contributed by atoms with van der Waals surface area (Å²) >= 11 is 0. The number of hydrogen-bond acceptors (Lipinski definition) is 5. The van der Waals surface area contributed by atoms with Crippen molar-refractivity contribution in [2.45, 2.75) is 25.9 Å². The van der Waals surface area contributed by atoms with Crippen LogP contribution in [0.3, 0.4) is 0 Å². The molecule has 104 valence electrons. The lowest BCUT2D eigenvalue weighted by Crippen LogP contribution is -2.38. The molecule has 0 saturated carbocycles. The Morgan fingerprint density at radius 2 is 2.37 bits per heavy atom. The third-order valence-corrected chi connectivity index (χ3v) is 3.32. The van der Waals surface area contributed by atoms with Crippen LogP contribution in [0.1, 0.15) is 30.1 Å².